The number of carbonyl (C=O) groups is 1. The van der Waals surface area contributed by atoms with Crippen LogP contribution in [0, 0.1) is 0 Å². The first kappa shape index (κ1) is 19.3. The maximum atomic E-state index is 12.0. The van der Waals surface area contributed by atoms with Crippen molar-refractivity contribution in [3.05, 3.63) is 52.1 Å². The molecule has 3 rings (SSSR count). The zero-order valence-corrected chi connectivity index (χ0v) is 16.6. The van der Waals surface area contributed by atoms with Gasteiger partial charge in [0.15, 0.2) is 0 Å². The number of rotatable bonds is 6. The van der Waals surface area contributed by atoms with Crippen molar-refractivity contribution < 1.29 is 19.4 Å². The van der Waals surface area contributed by atoms with Crippen molar-refractivity contribution in [3.63, 3.8) is 0 Å². The summed E-state index contributed by atoms with van der Waals surface area (Å²) in [5, 5.41) is 10.2. The highest BCUT2D eigenvalue weighted by molar-refractivity contribution is 5.99. The van der Waals surface area contributed by atoms with Gasteiger partial charge in [-0.1, -0.05) is 29.4 Å². The second kappa shape index (κ2) is 7.63. The Morgan fingerprint density at radius 3 is 2.78 bits per heavy atom. The molecule has 1 N–H and O–H groups in total. The van der Waals surface area contributed by atoms with Crippen LogP contribution in [0.15, 0.2) is 35.4 Å². The number of phenolic OH excluding ortho intramolecular Hbond substituents is 1. The molecule has 1 atom stereocenters. The van der Waals surface area contributed by atoms with E-state index in [1.807, 2.05) is 19.1 Å². The van der Waals surface area contributed by atoms with Crippen LogP contribution in [0.25, 0.3) is 6.08 Å². The molecule has 1 aromatic carbocycles. The smallest absolute Gasteiger partial charge is 0.339 e. The highest BCUT2D eigenvalue weighted by Gasteiger charge is 2.34. The number of allylic oxidation sites excluding steroid dienone is 4. The monoisotopic (exact) mass is 368 g/mol. The third-order valence-electron chi connectivity index (χ3n) is 5.14. The van der Waals surface area contributed by atoms with Crippen LogP contribution in [0.3, 0.4) is 0 Å². The van der Waals surface area contributed by atoms with Gasteiger partial charge < -0.3 is 14.6 Å². The molecule has 0 aliphatic carbocycles. The first-order valence-corrected chi connectivity index (χ1v) is 9.52. The van der Waals surface area contributed by atoms with E-state index in [4.69, 9.17) is 9.47 Å². The van der Waals surface area contributed by atoms with Gasteiger partial charge in [-0.25, -0.2) is 4.79 Å². The molecule has 0 amide bonds. The molecule has 1 unspecified atom stereocenters. The second-order valence-corrected chi connectivity index (χ2v) is 7.89. The number of phenols is 1. The van der Waals surface area contributed by atoms with E-state index in [2.05, 4.69) is 32.9 Å². The summed E-state index contributed by atoms with van der Waals surface area (Å²) in [5.74, 6) is 0.200. The summed E-state index contributed by atoms with van der Waals surface area (Å²) in [6.07, 6.45) is 12.4. The Kier molecular flexibility index (Phi) is 5.45. The molecule has 0 saturated carbocycles. The minimum atomic E-state index is -0.465. The van der Waals surface area contributed by atoms with Gasteiger partial charge in [0.1, 0.15) is 23.7 Å². The lowest BCUT2D eigenvalue weighted by molar-refractivity contribution is 0.0533. The molecular formula is C23H28O4. The van der Waals surface area contributed by atoms with Gasteiger partial charge in [-0.2, -0.15) is 0 Å². The molecule has 0 bridgehead atoms. The van der Waals surface area contributed by atoms with Crippen molar-refractivity contribution in [2.45, 2.75) is 65.6 Å². The zero-order valence-electron chi connectivity index (χ0n) is 16.6. The van der Waals surface area contributed by atoms with Gasteiger partial charge in [0.05, 0.1) is 5.56 Å². The first-order chi connectivity index (χ1) is 12.8. The number of aromatic hydroxyl groups is 1. The Balaban J connectivity index is 1.68. The van der Waals surface area contributed by atoms with Crippen LogP contribution >= 0.6 is 0 Å². The Hall–Kier alpha value is -2.49. The molecule has 4 heteroatoms. The molecular weight excluding hydrogens is 340 g/mol. The third-order valence-corrected chi connectivity index (χ3v) is 5.14. The molecule has 144 valence electrons. The normalized spacial score (nSPS) is 20.6. The third kappa shape index (κ3) is 4.26. The number of carbonyl (C=O) groups excluding carboxylic acids is 1. The summed E-state index contributed by atoms with van der Waals surface area (Å²) < 4.78 is 11.2. The summed E-state index contributed by atoms with van der Waals surface area (Å²) in [6, 6.07) is 1.60. The van der Waals surface area contributed by atoms with Crippen LogP contribution in [-0.4, -0.2) is 16.7 Å². The van der Waals surface area contributed by atoms with Crippen molar-refractivity contribution in [1.82, 2.24) is 0 Å². The molecule has 1 aromatic rings. The van der Waals surface area contributed by atoms with E-state index in [0.29, 0.717) is 22.4 Å². The van der Waals surface area contributed by atoms with Gasteiger partial charge in [-0.05, 0) is 59.5 Å². The van der Waals surface area contributed by atoms with Crippen LogP contribution in [-0.2, 0) is 11.3 Å². The predicted octanol–water partition coefficient (Wildman–Crippen LogP) is 5.70. The number of hydrogen-bond acceptors (Lipinski definition) is 4. The quantitative estimate of drug-likeness (QED) is 0.517. The molecule has 0 spiro atoms. The van der Waals surface area contributed by atoms with Crippen LogP contribution < -0.4 is 4.74 Å². The van der Waals surface area contributed by atoms with Crippen LogP contribution in [0.5, 0.6) is 11.5 Å². The summed E-state index contributed by atoms with van der Waals surface area (Å²) in [6.45, 7) is 8.56. The Morgan fingerprint density at radius 1 is 1.26 bits per heavy atom. The lowest BCUT2D eigenvalue weighted by Crippen LogP contribution is -2.32. The Labute approximate surface area is 161 Å². The van der Waals surface area contributed by atoms with Crippen molar-refractivity contribution >= 4 is 12.0 Å². The fourth-order valence-corrected chi connectivity index (χ4v) is 3.52. The molecule has 4 nitrogen and oxygen atoms in total. The van der Waals surface area contributed by atoms with Crippen molar-refractivity contribution in [2.24, 2.45) is 0 Å². The van der Waals surface area contributed by atoms with E-state index in [-0.39, 0.29) is 12.4 Å². The molecule has 2 aliphatic rings. The predicted molar refractivity (Wildman–Crippen MR) is 107 cm³/mol. The van der Waals surface area contributed by atoms with E-state index in [9.17, 15) is 9.90 Å². The summed E-state index contributed by atoms with van der Waals surface area (Å²) in [4.78, 5) is 12.0. The maximum absolute atomic E-state index is 12.0. The van der Waals surface area contributed by atoms with Gasteiger partial charge in [0.2, 0.25) is 0 Å². The summed E-state index contributed by atoms with van der Waals surface area (Å²) in [7, 11) is 0. The lowest BCUT2D eigenvalue weighted by atomic mass is 9.91. The van der Waals surface area contributed by atoms with Crippen molar-refractivity contribution in [1.29, 1.82) is 0 Å². The highest BCUT2D eigenvalue weighted by atomic mass is 16.5. The fraction of sp³-hybridized carbons (Fsp3) is 0.435. The fourth-order valence-electron chi connectivity index (χ4n) is 3.52. The standard InChI is InChI=1S/C23H28O4/c1-15(2)7-5-8-16(3)9-6-11-23(4)12-10-17-20(27-23)13-19(24)18-14-26-22(25)21(17)18/h7,9-10,12-13,24H,5-6,8,11,14H2,1-4H3/b16-9+. The minimum absolute atomic E-state index is 0.0577. The van der Waals surface area contributed by atoms with E-state index in [1.54, 1.807) is 6.07 Å². The molecule has 0 saturated heterocycles. The van der Waals surface area contributed by atoms with E-state index >= 15 is 0 Å². The van der Waals surface area contributed by atoms with Gasteiger partial charge in [-0.15, -0.1) is 0 Å². The average Bonchev–Trinajstić information content (AvgIpc) is 2.97. The van der Waals surface area contributed by atoms with Crippen LogP contribution in [0.1, 0.15) is 74.9 Å². The maximum Gasteiger partial charge on any atom is 0.339 e. The first-order valence-electron chi connectivity index (χ1n) is 9.52. The number of hydrogen-bond donors (Lipinski definition) is 1. The second-order valence-electron chi connectivity index (χ2n) is 7.89. The summed E-state index contributed by atoms with van der Waals surface area (Å²) >= 11 is 0. The Bertz CT molecular complexity index is 840. The van der Waals surface area contributed by atoms with Crippen LogP contribution in [0.4, 0.5) is 0 Å². The van der Waals surface area contributed by atoms with E-state index in [0.717, 1.165) is 25.7 Å². The molecule has 27 heavy (non-hydrogen) atoms. The number of benzene rings is 1. The van der Waals surface area contributed by atoms with Crippen molar-refractivity contribution in [3.8, 4) is 11.5 Å². The SMILES string of the molecule is CC(C)=CCC/C(C)=C/CCC1(C)C=Cc2c(cc(O)c3c2C(=O)OC3)O1. The van der Waals surface area contributed by atoms with E-state index < -0.39 is 11.6 Å². The topological polar surface area (TPSA) is 55.8 Å². The summed E-state index contributed by atoms with van der Waals surface area (Å²) in [5.41, 5.74) is 3.95. The van der Waals surface area contributed by atoms with Crippen molar-refractivity contribution in [2.75, 3.05) is 0 Å². The minimum Gasteiger partial charge on any atom is -0.507 e. The van der Waals surface area contributed by atoms with Gasteiger partial charge in [0.25, 0.3) is 0 Å². The number of ether oxygens (including phenoxy) is 2. The molecule has 2 aliphatic heterocycles. The largest absolute Gasteiger partial charge is 0.507 e. The molecule has 2 heterocycles. The zero-order chi connectivity index (χ0) is 19.6. The number of fused-ring (bicyclic) bond motifs is 3. The lowest BCUT2D eigenvalue weighted by Gasteiger charge is -2.32. The molecule has 0 fully saturated rings. The number of cyclic esters (lactones) is 1. The average molecular weight is 368 g/mol. The van der Waals surface area contributed by atoms with Gasteiger partial charge in [0, 0.05) is 17.2 Å². The highest BCUT2D eigenvalue weighted by Crippen LogP contribution is 2.42. The van der Waals surface area contributed by atoms with E-state index in [1.165, 1.54) is 11.1 Å². The number of esters is 1. The molecule has 0 radical (unpaired) electrons. The van der Waals surface area contributed by atoms with Crippen LogP contribution in [0.2, 0.25) is 0 Å². The Morgan fingerprint density at radius 2 is 2.04 bits per heavy atom. The van der Waals surface area contributed by atoms with Gasteiger partial charge >= 0.3 is 5.97 Å². The molecule has 0 aromatic heterocycles. The van der Waals surface area contributed by atoms with Gasteiger partial charge in [-0.3, -0.25) is 0 Å².